The first-order valence-corrected chi connectivity index (χ1v) is 6.61. The molecule has 102 valence electrons. The number of fused-ring (bicyclic) bond motifs is 2. The smallest absolute Gasteiger partial charge is 0.303 e. The van der Waals surface area contributed by atoms with E-state index in [9.17, 15) is 14.4 Å². The second-order valence-electron chi connectivity index (χ2n) is 5.14. The van der Waals surface area contributed by atoms with Gasteiger partial charge >= 0.3 is 5.97 Å². The zero-order valence-corrected chi connectivity index (χ0v) is 11.0. The van der Waals surface area contributed by atoms with E-state index in [4.69, 9.17) is 4.74 Å². The Hall–Kier alpha value is -2.23. The third-order valence-electron chi connectivity index (χ3n) is 3.90. The number of hydrogen-bond donors (Lipinski definition) is 0. The number of carbonyl (C=O) groups is 3. The Morgan fingerprint density at radius 2 is 1.80 bits per heavy atom. The highest BCUT2D eigenvalue weighted by Gasteiger charge is 2.46. The molecule has 0 unspecified atom stereocenters. The number of esters is 1. The Kier molecular flexibility index (Phi) is 3.01. The van der Waals surface area contributed by atoms with Crippen molar-refractivity contribution in [3.63, 3.8) is 0 Å². The minimum absolute atomic E-state index is 0.0355. The molecule has 2 aliphatic rings. The summed E-state index contributed by atoms with van der Waals surface area (Å²) >= 11 is 0. The predicted molar refractivity (Wildman–Crippen MR) is 71.4 cm³/mol. The molecule has 0 spiro atoms. The van der Waals surface area contributed by atoms with Crippen LogP contribution in [-0.2, 0) is 9.53 Å². The van der Waals surface area contributed by atoms with Crippen molar-refractivity contribution in [2.24, 2.45) is 11.8 Å². The van der Waals surface area contributed by atoms with E-state index >= 15 is 0 Å². The molecular formula is C16H14O4. The second kappa shape index (κ2) is 4.71. The average Bonchev–Trinajstić information content (AvgIpc) is 2.44. The molecule has 3 atom stereocenters. The molecule has 0 aliphatic heterocycles. The van der Waals surface area contributed by atoms with Crippen LogP contribution in [0.4, 0.5) is 0 Å². The summed E-state index contributed by atoms with van der Waals surface area (Å²) in [5, 5.41) is 0. The summed E-state index contributed by atoms with van der Waals surface area (Å²) in [5.74, 6) is -1.61. The van der Waals surface area contributed by atoms with Crippen LogP contribution in [0.25, 0.3) is 0 Å². The third-order valence-corrected chi connectivity index (χ3v) is 3.90. The van der Waals surface area contributed by atoms with Crippen LogP contribution in [-0.4, -0.2) is 23.6 Å². The van der Waals surface area contributed by atoms with E-state index in [1.54, 1.807) is 30.3 Å². The Morgan fingerprint density at radius 1 is 1.15 bits per heavy atom. The fourth-order valence-corrected chi connectivity index (χ4v) is 3.05. The van der Waals surface area contributed by atoms with Crippen LogP contribution in [0.15, 0.2) is 36.4 Å². The largest absolute Gasteiger partial charge is 0.458 e. The number of hydrogen-bond acceptors (Lipinski definition) is 4. The summed E-state index contributed by atoms with van der Waals surface area (Å²) in [7, 11) is 0. The maximum atomic E-state index is 12.6. The molecule has 0 heterocycles. The van der Waals surface area contributed by atoms with Crippen molar-refractivity contribution in [3.8, 4) is 0 Å². The molecule has 0 aromatic heterocycles. The lowest BCUT2D eigenvalue weighted by atomic mass is 9.68. The molecular weight excluding hydrogens is 256 g/mol. The van der Waals surface area contributed by atoms with Gasteiger partial charge in [-0.1, -0.05) is 30.3 Å². The van der Waals surface area contributed by atoms with Crippen LogP contribution in [0, 0.1) is 11.8 Å². The second-order valence-corrected chi connectivity index (χ2v) is 5.14. The summed E-state index contributed by atoms with van der Waals surface area (Å²) in [6.45, 7) is 1.31. The number of Topliss-reactive ketones (excluding diaryl/α,β-unsaturated/α-hetero) is 2. The fourth-order valence-electron chi connectivity index (χ4n) is 3.05. The normalized spacial score (nSPS) is 27.8. The molecule has 0 N–H and O–H groups in total. The molecule has 0 saturated carbocycles. The lowest BCUT2D eigenvalue weighted by molar-refractivity contribution is -0.146. The molecule has 0 amide bonds. The van der Waals surface area contributed by atoms with Crippen LogP contribution in [0.1, 0.15) is 34.1 Å². The molecule has 2 aliphatic carbocycles. The van der Waals surface area contributed by atoms with Gasteiger partial charge in [0.15, 0.2) is 11.6 Å². The van der Waals surface area contributed by atoms with E-state index in [1.807, 2.05) is 6.08 Å². The topological polar surface area (TPSA) is 60.4 Å². The van der Waals surface area contributed by atoms with Gasteiger partial charge in [-0.2, -0.15) is 0 Å². The van der Waals surface area contributed by atoms with Crippen LogP contribution in [0.2, 0.25) is 0 Å². The first kappa shape index (κ1) is 12.8. The van der Waals surface area contributed by atoms with Crippen LogP contribution < -0.4 is 0 Å². The summed E-state index contributed by atoms with van der Waals surface area (Å²) in [4.78, 5) is 36.3. The zero-order valence-electron chi connectivity index (χ0n) is 11.0. The molecule has 4 nitrogen and oxygen atoms in total. The van der Waals surface area contributed by atoms with Gasteiger partial charge in [-0.15, -0.1) is 0 Å². The predicted octanol–water partition coefficient (Wildman–Crippen LogP) is 2.19. The van der Waals surface area contributed by atoms with Crippen molar-refractivity contribution < 1.29 is 19.1 Å². The van der Waals surface area contributed by atoms with Gasteiger partial charge in [-0.05, 0) is 12.5 Å². The minimum atomic E-state index is -0.643. The minimum Gasteiger partial charge on any atom is -0.458 e. The first-order chi connectivity index (χ1) is 9.59. The molecule has 1 aromatic rings. The SMILES string of the molecule is CC(=O)O[C@@H]1C=CC[C@H]2C(=O)c3ccccc3C(=O)[C@H]12. The first-order valence-electron chi connectivity index (χ1n) is 6.61. The third kappa shape index (κ3) is 1.88. The number of allylic oxidation sites excluding steroid dienone is 1. The van der Waals surface area contributed by atoms with Gasteiger partial charge in [-0.25, -0.2) is 0 Å². The van der Waals surface area contributed by atoms with Gasteiger partial charge in [0.25, 0.3) is 0 Å². The lowest BCUT2D eigenvalue weighted by Crippen LogP contribution is -2.45. The van der Waals surface area contributed by atoms with E-state index in [1.165, 1.54) is 6.92 Å². The standard InChI is InChI=1S/C16H14O4/c1-9(17)20-13-8-4-7-12-14(13)16(19)11-6-3-2-5-10(11)15(12)18/h2-6,8,12-14H,7H2,1H3/t12-,13-,14+/m1/s1. The molecule has 0 fully saturated rings. The Labute approximate surface area is 116 Å². The summed E-state index contributed by atoms with van der Waals surface area (Å²) in [6, 6.07) is 6.84. The quantitative estimate of drug-likeness (QED) is 0.579. The summed E-state index contributed by atoms with van der Waals surface area (Å²) in [6.07, 6.45) is 3.40. The van der Waals surface area contributed by atoms with Crippen molar-refractivity contribution in [2.75, 3.05) is 0 Å². The molecule has 1 aromatic carbocycles. The van der Waals surface area contributed by atoms with E-state index in [-0.39, 0.29) is 11.6 Å². The summed E-state index contributed by atoms with van der Waals surface area (Å²) in [5.41, 5.74) is 0.918. The number of carbonyl (C=O) groups excluding carboxylic acids is 3. The van der Waals surface area contributed by atoms with Gasteiger partial charge in [-0.3, -0.25) is 14.4 Å². The van der Waals surface area contributed by atoms with Gasteiger partial charge < -0.3 is 4.74 Å². The molecule has 3 rings (SSSR count). The van der Waals surface area contributed by atoms with E-state index in [0.717, 1.165) is 0 Å². The number of ether oxygens (including phenoxy) is 1. The monoisotopic (exact) mass is 270 g/mol. The Balaban J connectivity index is 2.06. The van der Waals surface area contributed by atoms with Crippen molar-refractivity contribution >= 4 is 17.5 Å². The number of rotatable bonds is 1. The van der Waals surface area contributed by atoms with E-state index in [0.29, 0.717) is 17.5 Å². The summed E-state index contributed by atoms with van der Waals surface area (Å²) < 4.78 is 5.20. The highest BCUT2D eigenvalue weighted by Crippen LogP contribution is 2.38. The van der Waals surface area contributed by atoms with Crippen LogP contribution in [0.3, 0.4) is 0 Å². The lowest BCUT2D eigenvalue weighted by Gasteiger charge is -2.36. The van der Waals surface area contributed by atoms with Gasteiger partial charge in [0, 0.05) is 24.0 Å². The molecule has 0 radical (unpaired) electrons. The molecule has 0 saturated heterocycles. The maximum absolute atomic E-state index is 12.6. The Morgan fingerprint density at radius 3 is 2.45 bits per heavy atom. The zero-order chi connectivity index (χ0) is 14.3. The van der Waals surface area contributed by atoms with Crippen LogP contribution >= 0.6 is 0 Å². The van der Waals surface area contributed by atoms with E-state index in [2.05, 4.69) is 0 Å². The van der Waals surface area contributed by atoms with Crippen molar-refractivity contribution in [1.82, 2.24) is 0 Å². The molecule has 0 bridgehead atoms. The van der Waals surface area contributed by atoms with Crippen molar-refractivity contribution in [2.45, 2.75) is 19.4 Å². The van der Waals surface area contributed by atoms with Gasteiger partial charge in [0.2, 0.25) is 0 Å². The van der Waals surface area contributed by atoms with Crippen molar-refractivity contribution in [3.05, 3.63) is 47.5 Å². The van der Waals surface area contributed by atoms with Gasteiger partial charge in [0.05, 0.1) is 5.92 Å². The highest BCUT2D eigenvalue weighted by atomic mass is 16.5. The number of benzene rings is 1. The highest BCUT2D eigenvalue weighted by molar-refractivity contribution is 6.16. The fraction of sp³-hybridized carbons (Fsp3) is 0.312. The average molecular weight is 270 g/mol. The molecule has 4 heteroatoms. The molecule has 20 heavy (non-hydrogen) atoms. The Bertz CT molecular complexity index is 629. The van der Waals surface area contributed by atoms with Gasteiger partial charge in [0.1, 0.15) is 6.10 Å². The van der Waals surface area contributed by atoms with Crippen LogP contribution in [0.5, 0.6) is 0 Å². The number of ketones is 2. The maximum Gasteiger partial charge on any atom is 0.303 e. The van der Waals surface area contributed by atoms with E-state index < -0.39 is 23.9 Å². The van der Waals surface area contributed by atoms with Crippen molar-refractivity contribution in [1.29, 1.82) is 0 Å².